The summed E-state index contributed by atoms with van der Waals surface area (Å²) in [7, 11) is 0. The molecule has 0 saturated carbocycles. The molecule has 0 unspecified atom stereocenters. The average molecular weight is 362 g/mol. The highest BCUT2D eigenvalue weighted by Gasteiger charge is 2.08. The molecule has 0 aromatic carbocycles. The molecule has 2 aromatic heterocycles. The summed E-state index contributed by atoms with van der Waals surface area (Å²) in [6.07, 6.45) is 5.70. The van der Waals surface area contributed by atoms with Gasteiger partial charge in [-0.1, -0.05) is 12.1 Å². The van der Waals surface area contributed by atoms with Crippen molar-refractivity contribution < 1.29 is 23.9 Å². The standard InChI is InChI=1S/C17H14O5S2/c18-13(11-21-16(19)7-5-14-3-1-9-23-14)12-22-17(20)8-6-15-4-2-10-24-15/h1-10H,11-12H2/b7-5+,8-6+. The van der Waals surface area contributed by atoms with Gasteiger partial charge in [-0.2, -0.15) is 0 Å². The molecule has 0 amide bonds. The van der Waals surface area contributed by atoms with Crippen LogP contribution in [0.15, 0.2) is 47.2 Å². The van der Waals surface area contributed by atoms with Crippen LogP contribution in [0.2, 0.25) is 0 Å². The monoisotopic (exact) mass is 362 g/mol. The second kappa shape index (κ2) is 9.59. The fourth-order valence-corrected chi connectivity index (χ4v) is 2.75. The van der Waals surface area contributed by atoms with Gasteiger partial charge in [-0.05, 0) is 35.0 Å². The van der Waals surface area contributed by atoms with Crippen molar-refractivity contribution in [1.82, 2.24) is 0 Å². The third kappa shape index (κ3) is 6.72. The molecule has 0 aliphatic rings. The number of ketones is 1. The van der Waals surface area contributed by atoms with Crippen LogP contribution in [0.5, 0.6) is 0 Å². The summed E-state index contributed by atoms with van der Waals surface area (Å²) in [5.74, 6) is -1.74. The lowest BCUT2D eigenvalue weighted by Gasteiger charge is -2.02. The molecule has 0 bridgehead atoms. The Morgan fingerprint density at radius 1 is 0.833 bits per heavy atom. The van der Waals surface area contributed by atoms with Gasteiger partial charge in [0.2, 0.25) is 5.78 Å². The van der Waals surface area contributed by atoms with Crippen LogP contribution < -0.4 is 0 Å². The van der Waals surface area contributed by atoms with Gasteiger partial charge in [-0.25, -0.2) is 9.59 Å². The van der Waals surface area contributed by atoms with Gasteiger partial charge >= 0.3 is 11.9 Å². The number of rotatable bonds is 8. The van der Waals surface area contributed by atoms with E-state index in [1.165, 1.54) is 34.8 Å². The van der Waals surface area contributed by atoms with E-state index in [0.717, 1.165) is 9.75 Å². The predicted molar refractivity (Wildman–Crippen MR) is 93.6 cm³/mol. The highest BCUT2D eigenvalue weighted by atomic mass is 32.1. The van der Waals surface area contributed by atoms with Crippen LogP contribution in [0.1, 0.15) is 9.75 Å². The van der Waals surface area contributed by atoms with Gasteiger partial charge in [-0.15, -0.1) is 22.7 Å². The van der Waals surface area contributed by atoms with E-state index in [9.17, 15) is 14.4 Å². The normalized spacial score (nSPS) is 11.0. The van der Waals surface area contributed by atoms with Crippen LogP contribution in [0.4, 0.5) is 0 Å². The summed E-state index contributed by atoms with van der Waals surface area (Å²) in [4.78, 5) is 36.2. The Bertz CT molecular complexity index is 665. The number of Topliss-reactive ketones (excluding diaryl/α,β-unsaturated/α-hetero) is 1. The molecule has 5 nitrogen and oxygen atoms in total. The number of thiophene rings is 2. The molecular formula is C17H14O5S2. The van der Waals surface area contributed by atoms with Crippen molar-refractivity contribution in [3.8, 4) is 0 Å². The average Bonchev–Trinajstić information content (AvgIpc) is 3.27. The lowest BCUT2D eigenvalue weighted by Crippen LogP contribution is -2.19. The molecule has 0 radical (unpaired) electrons. The van der Waals surface area contributed by atoms with E-state index < -0.39 is 30.9 Å². The van der Waals surface area contributed by atoms with E-state index in [0.29, 0.717) is 0 Å². The SMILES string of the molecule is O=C(COC(=O)/C=C/c1cccs1)COC(=O)/C=C/c1cccs1. The number of carbonyl (C=O) groups is 3. The summed E-state index contributed by atoms with van der Waals surface area (Å²) in [5, 5.41) is 3.77. The zero-order valence-electron chi connectivity index (χ0n) is 12.5. The third-order valence-corrected chi connectivity index (χ3v) is 4.28. The lowest BCUT2D eigenvalue weighted by atomic mass is 10.4. The van der Waals surface area contributed by atoms with Gasteiger partial charge < -0.3 is 9.47 Å². The van der Waals surface area contributed by atoms with Crippen molar-refractivity contribution in [3.05, 3.63) is 56.9 Å². The van der Waals surface area contributed by atoms with Gasteiger partial charge in [0.25, 0.3) is 0 Å². The van der Waals surface area contributed by atoms with E-state index in [2.05, 4.69) is 0 Å². The van der Waals surface area contributed by atoms with Gasteiger partial charge in [0.05, 0.1) is 0 Å². The van der Waals surface area contributed by atoms with E-state index in [-0.39, 0.29) is 0 Å². The van der Waals surface area contributed by atoms with Gasteiger partial charge in [0.1, 0.15) is 0 Å². The minimum atomic E-state index is -0.624. The Kier molecular flexibility index (Phi) is 7.13. The minimum Gasteiger partial charge on any atom is -0.454 e. The van der Waals surface area contributed by atoms with Crippen molar-refractivity contribution in [1.29, 1.82) is 0 Å². The topological polar surface area (TPSA) is 69.7 Å². The second-order valence-electron chi connectivity index (χ2n) is 4.45. The largest absolute Gasteiger partial charge is 0.454 e. The van der Waals surface area contributed by atoms with Gasteiger partial charge in [0, 0.05) is 21.9 Å². The molecule has 24 heavy (non-hydrogen) atoms. The predicted octanol–water partition coefficient (Wildman–Crippen LogP) is 3.19. The second-order valence-corrected chi connectivity index (χ2v) is 6.41. The van der Waals surface area contributed by atoms with Crippen LogP contribution in [0, 0.1) is 0 Å². The quantitative estimate of drug-likeness (QED) is 0.533. The number of hydrogen-bond acceptors (Lipinski definition) is 7. The maximum Gasteiger partial charge on any atom is 0.331 e. The van der Waals surface area contributed by atoms with E-state index in [1.54, 1.807) is 12.2 Å². The molecule has 0 spiro atoms. The van der Waals surface area contributed by atoms with Crippen molar-refractivity contribution in [2.75, 3.05) is 13.2 Å². The van der Waals surface area contributed by atoms with Crippen molar-refractivity contribution in [2.45, 2.75) is 0 Å². The lowest BCUT2D eigenvalue weighted by molar-refractivity contribution is -0.148. The maximum atomic E-state index is 11.5. The zero-order chi connectivity index (χ0) is 17.2. The summed E-state index contributed by atoms with van der Waals surface area (Å²) < 4.78 is 9.55. The van der Waals surface area contributed by atoms with Crippen molar-refractivity contribution in [3.63, 3.8) is 0 Å². The Hall–Kier alpha value is -2.51. The first-order valence-corrected chi connectivity index (χ1v) is 8.68. The molecular weight excluding hydrogens is 348 g/mol. The van der Waals surface area contributed by atoms with Crippen LogP contribution >= 0.6 is 22.7 Å². The fourth-order valence-electron chi connectivity index (χ4n) is 1.51. The van der Waals surface area contributed by atoms with Crippen molar-refractivity contribution in [2.24, 2.45) is 0 Å². The van der Waals surface area contributed by atoms with E-state index in [4.69, 9.17) is 9.47 Å². The molecule has 2 aromatic rings. The number of ether oxygens (including phenoxy) is 2. The first-order valence-electron chi connectivity index (χ1n) is 6.92. The molecule has 0 N–H and O–H groups in total. The minimum absolute atomic E-state index is 0.435. The van der Waals surface area contributed by atoms with Crippen LogP contribution in [-0.4, -0.2) is 30.9 Å². The molecule has 2 rings (SSSR count). The molecule has 2 heterocycles. The number of carbonyl (C=O) groups excluding carboxylic acids is 3. The van der Waals surface area contributed by atoms with Gasteiger partial charge in [0.15, 0.2) is 13.2 Å². The van der Waals surface area contributed by atoms with Crippen molar-refractivity contribution >= 4 is 52.5 Å². The summed E-state index contributed by atoms with van der Waals surface area (Å²) in [6.45, 7) is -0.870. The molecule has 0 atom stereocenters. The molecule has 7 heteroatoms. The number of esters is 2. The first kappa shape index (κ1) is 17.8. The van der Waals surface area contributed by atoms with Crippen LogP contribution in [-0.2, 0) is 23.9 Å². The maximum absolute atomic E-state index is 11.5. The Balaban J connectivity index is 1.64. The Labute approximate surface area is 146 Å². The summed E-state index contributed by atoms with van der Waals surface area (Å²) in [5.41, 5.74) is 0. The fraction of sp³-hybridized carbons (Fsp3) is 0.118. The highest BCUT2D eigenvalue weighted by Crippen LogP contribution is 2.10. The summed E-state index contributed by atoms with van der Waals surface area (Å²) >= 11 is 2.96. The third-order valence-electron chi connectivity index (χ3n) is 2.60. The van der Waals surface area contributed by atoms with Crippen LogP contribution in [0.25, 0.3) is 12.2 Å². The van der Waals surface area contributed by atoms with Crippen LogP contribution in [0.3, 0.4) is 0 Å². The Morgan fingerprint density at radius 2 is 1.29 bits per heavy atom. The van der Waals surface area contributed by atoms with E-state index >= 15 is 0 Å². The molecule has 124 valence electrons. The molecule has 0 aliphatic heterocycles. The first-order chi connectivity index (χ1) is 11.6. The zero-order valence-corrected chi connectivity index (χ0v) is 14.2. The van der Waals surface area contributed by atoms with E-state index in [1.807, 2.05) is 35.0 Å². The molecule has 0 aliphatic carbocycles. The molecule has 0 saturated heterocycles. The highest BCUT2D eigenvalue weighted by molar-refractivity contribution is 7.11. The Morgan fingerprint density at radius 3 is 1.67 bits per heavy atom. The summed E-state index contributed by atoms with van der Waals surface area (Å²) in [6, 6.07) is 7.42. The van der Waals surface area contributed by atoms with Gasteiger partial charge in [-0.3, -0.25) is 4.79 Å². The smallest absolute Gasteiger partial charge is 0.331 e. The molecule has 0 fully saturated rings. The number of hydrogen-bond donors (Lipinski definition) is 0.